The van der Waals surface area contributed by atoms with E-state index in [1.165, 1.54) is 60.4 Å². The molecule has 57 heavy (non-hydrogen) atoms. The fraction of sp³-hybridized carbons (Fsp3) is 0.0566. The Kier molecular flexibility index (Phi) is 6.65. The quantitative estimate of drug-likeness (QED) is 0.181. The summed E-state index contributed by atoms with van der Waals surface area (Å²) in [6.45, 7) is 4.68. The Morgan fingerprint density at radius 1 is 0.421 bits per heavy atom. The maximum absolute atomic E-state index is 5.49. The molecule has 268 valence electrons. The predicted octanol–water partition coefficient (Wildman–Crippen LogP) is 13.5. The molecule has 0 radical (unpaired) electrons. The summed E-state index contributed by atoms with van der Waals surface area (Å²) in [7, 11) is 0. The molecule has 0 atom stereocenters. The van der Waals surface area contributed by atoms with E-state index in [0.717, 1.165) is 44.4 Å². The summed E-state index contributed by atoms with van der Waals surface area (Å²) in [5, 5.41) is 5.93. The van der Waals surface area contributed by atoms with Gasteiger partial charge in [-0.15, -0.1) is 0 Å². The van der Waals surface area contributed by atoms with Gasteiger partial charge in [0.25, 0.3) is 0 Å². The van der Waals surface area contributed by atoms with Crippen molar-refractivity contribution >= 4 is 54.5 Å². The van der Waals surface area contributed by atoms with Crippen molar-refractivity contribution in [1.29, 1.82) is 0 Å². The Bertz CT molecular complexity index is 3420. The van der Waals surface area contributed by atoms with Crippen LogP contribution in [0.4, 0.5) is 0 Å². The van der Waals surface area contributed by atoms with Crippen LogP contribution in [-0.2, 0) is 5.41 Å². The minimum absolute atomic E-state index is 0.123. The van der Waals surface area contributed by atoms with Crippen LogP contribution in [0.25, 0.3) is 99.7 Å². The molecule has 3 heterocycles. The first kappa shape index (κ1) is 32.0. The number of hydrogen-bond acceptors (Lipinski definition) is 2. The zero-order valence-corrected chi connectivity index (χ0v) is 31.6. The molecule has 0 bridgehead atoms. The molecule has 0 amide bonds. The normalized spacial score (nSPS) is 13.2. The Labute approximate surface area is 329 Å². The van der Waals surface area contributed by atoms with Crippen molar-refractivity contribution in [3.63, 3.8) is 0 Å². The van der Waals surface area contributed by atoms with Crippen LogP contribution >= 0.6 is 0 Å². The average Bonchev–Trinajstić information content (AvgIpc) is 3.86. The third-order valence-electron chi connectivity index (χ3n) is 12.3. The molecule has 0 spiro atoms. The third-order valence-corrected chi connectivity index (χ3v) is 12.3. The molecule has 0 unspecified atom stereocenters. The highest BCUT2D eigenvalue weighted by molar-refractivity contribution is 6.16. The molecular weight excluding hydrogens is 693 g/mol. The standard InChI is InChI=1S/C53H36N4/c1-53(2)43-20-10-6-18-40(43)49-44(53)30-29-39-37-16-8-13-23-47(37)57(51(39)49)52-54-45-21-11-7-19-41(45)50(55-52)34-26-24-33(25-27-34)35-28-31-48-42(32-35)38-17-9-12-22-46(38)56(48)36-14-4-3-5-15-36/h3-32H,1-2H3. The summed E-state index contributed by atoms with van der Waals surface area (Å²) < 4.78 is 4.67. The van der Waals surface area contributed by atoms with Crippen molar-refractivity contribution in [1.82, 2.24) is 19.1 Å². The topological polar surface area (TPSA) is 35.6 Å². The van der Waals surface area contributed by atoms with E-state index < -0.39 is 0 Å². The SMILES string of the molecule is CC1(C)c2ccccc2-c2c1ccc1c3ccccc3n(-c3nc(-c4ccc(-c5ccc6c(c5)c5ccccc5n6-c5ccccc5)cc4)c4ccccc4n3)c21. The third kappa shape index (κ3) is 4.55. The molecule has 8 aromatic carbocycles. The average molecular weight is 729 g/mol. The van der Waals surface area contributed by atoms with Gasteiger partial charge in [-0.2, -0.15) is 0 Å². The number of aromatic nitrogens is 4. The monoisotopic (exact) mass is 728 g/mol. The summed E-state index contributed by atoms with van der Waals surface area (Å²) in [6, 6.07) is 65.6. The van der Waals surface area contributed by atoms with Gasteiger partial charge in [0.2, 0.25) is 5.95 Å². The number of rotatable bonds is 4. The van der Waals surface area contributed by atoms with E-state index in [0.29, 0.717) is 5.95 Å². The smallest absolute Gasteiger partial charge is 0.235 e. The van der Waals surface area contributed by atoms with Crippen LogP contribution in [-0.4, -0.2) is 19.1 Å². The van der Waals surface area contributed by atoms with Crippen LogP contribution in [0.1, 0.15) is 25.0 Å². The van der Waals surface area contributed by atoms with Gasteiger partial charge in [0.15, 0.2) is 0 Å². The second-order valence-electron chi connectivity index (χ2n) is 15.8. The lowest BCUT2D eigenvalue weighted by molar-refractivity contribution is 0.661. The fourth-order valence-corrected chi connectivity index (χ4v) is 9.66. The van der Waals surface area contributed by atoms with Gasteiger partial charge >= 0.3 is 0 Å². The first-order valence-corrected chi connectivity index (χ1v) is 19.7. The van der Waals surface area contributed by atoms with E-state index in [-0.39, 0.29) is 5.41 Å². The van der Waals surface area contributed by atoms with Gasteiger partial charge in [0.05, 0.1) is 33.3 Å². The lowest BCUT2D eigenvalue weighted by Crippen LogP contribution is -2.14. The van der Waals surface area contributed by atoms with Crippen molar-refractivity contribution in [2.24, 2.45) is 0 Å². The fourth-order valence-electron chi connectivity index (χ4n) is 9.66. The van der Waals surface area contributed by atoms with Crippen LogP contribution in [0, 0.1) is 0 Å². The van der Waals surface area contributed by atoms with Gasteiger partial charge < -0.3 is 4.57 Å². The van der Waals surface area contributed by atoms with Gasteiger partial charge in [-0.05, 0) is 70.3 Å². The van der Waals surface area contributed by atoms with Gasteiger partial charge in [0.1, 0.15) is 0 Å². The molecular formula is C53H36N4. The lowest BCUT2D eigenvalue weighted by Gasteiger charge is -2.21. The van der Waals surface area contributed by atoms with Gasteiger partial charge in [-0.1, -0.05) is 153 Å². The molecule has 3 aromatic heterocycles. The van der Waals surface area contributed by atoms with Crippen molar-refractivity contribution in [3.05, 3.63) is 193 Å². The molecule has 0 saturated heterocycles. The number of benzene rings is 8. The highest BCUT2D eigenvalue weighted by atomic mass is 15.2. The van der Waals surface area contributed by atoms with Crippen molar-refractivity contribution in [2.45, 2.75) is 19.3 Å². The van der Waals surface area contributed by atoms with Crippen LogP contribution in [0.3, 0.4) is 0 Å². The second-order valence-corrected chi connectivity index (χ2v) is 15.8. The minimum Gasteiger partial charge on any atom is -0.309 e. The largest absolute Gasteiger partial charge is 0.309 e. The number of nitrogens with zero attached hydrogens (tertiary/aromatic N) is 4. The Hall–Kier alpha value is -7.30. The Morgan fingerprint density at radius 2 is 1.04 bits per heavy atom. The van der Waals surface area contributed by atoms with E-state index in [1.54, 1.807) is 0 Å². The maximum atomic E-state index is 5.49. The van der Waals surface area contributed by atoms with Crippen LogP contribution in [0.15, 0.2) is 182 Å². The van der Waals surface area contributed by atoms with E-state index in [4.69, 9.17) is 9.97 Å². The van der Waals surface area contributed by atoms with Crippen molar-refractivity contribution < 1.29 is 0 Å². The molecule has 1 aliphatic rings. The Balaban J connectivity index is 1.03. The van der Waals surface area contributed by atoms with Crippen molar-refractivity contribution in [3.8, 4) is 45.1 Å². The highest BCUT2D eigenvalue weighted by Crippen LogP contribution is 2.52. The van der Waals surface area contributed by atoms with Crippen LogP contribution < -0.4 is 0 Å². The molecule has 1 aliphatic carbocycles. The summed E-state index contributed by atoms with van der Waals surface area (Å²) in [5.41, 5.74) is 16.2. The lowest BCUT2D eigenvalue weighted by atomic mass is 9.82. The molecule has 11 aromatic rings. The van der Waals surface area contributed by atoms with E-state index in [2.05, 4.69) is 205 Å². The number of para-hydroxylation sites is 4. The second kappa shape index (κ2) is 11.8. The summed E-state index contributed by atoms with van der Waals surface area (Å²) in [5.74, 6) is 0.676. The van der Waals surface area contributed by atoms with E-state index in [1.807, 2.05) is 0 Å². The number of fused-ring (bicyclic) bond motifs is 11. The predicted molar refractivity (Wildman–Crippen MR) is 237 cm³/mol. The molecule has 0 aliphatic heterocycles. The zero-order chi connectivity index (χ0) is 37.8. The number of hydrogen-bond donors (Lipinski definition) is 0. The first-order chi connectivity index (χ1) is 28.0. The van der Waals surface area contributed by atoms with Gasteiger partial charge in [0, 0.05) is 49.2 Å². The Morgan fingerprint density at radius 3 is 1.84 bits per heavy atom. The first-order valence-electron chi connectivity index (χ1n) is 19.7. The molecule has 4 heteroatoms. The molecule has 12 rings (SSSR count). The maximum Gasteiger partial charge on any atom is 0.235 e. The van der Waals surface area contributed by atoms with Gasteiger partial charge in [-0.25, -0.2) is 9.97 Å². The summed E-state index contributed by atoms with van der Waals surface area (Å²) in [4.78, 5) is 10.8. The molecule has 0 saturated carbocycles. The van der Waals surface area contributed by atoms with Crippen LogP contribution in [0.5, 0.6) is 0 Å². The van der Waals surface area contributed by atoms with E-state index in [9.17, 15) is 0 Å². The summed E-state index contributed by atoms with van der Waals surface area (Å²) >= 11 is 0. The van der Waals surface area contributed by atoms with Gasteiger partial charge in [-0.3, -0.25) is 4.57 Å². The van der Waals surface area contributed by atoms with E-state index >= 15 is 0 Å². The zero-order valence-electron chi connectivity index (χ0n) is 31.6. The summed E-state index contributed by atoms with van der Waals surface area (Å²) in [6.07, 6.45) is 0. The molecule has 4 nitrogen and oxygen atoms in total. The minimum atomic E-state index is -0.123. The van der Waals surface area contributed by atoms with Crippen molar-refractivity contribution in [2.75, 3.05) is 0 Å². The van der Waals surface area contributed by atoms with Crippen LogP contribution in [0.2, 0.25) is 0 Å². The molecule has 0 fully saturated rings. The highest BCUT2D eigenvalue weighted by Gasteiger charge is 2.37. The molecule has 0 N–H and O–H groups in total.